The zero-order valence-electron chi connectivity index (χ0n) is 18.1. The lowest BCUT2D eigenvalue weighted by Crippen LogP contribution is -2.17. The van der Waals surface area contributed by atoms with Gasteiger partial charge in [-0.25, -0.2) is 0 Å². The molecule has 1 atom stereocenters. The molecule has 2 aromatic carbocycles. The van der Waals surface area contributed by atoms with Crippen molar-refractivity contribution in [1.82, 2.24) is 14.8 Å². The molecule has 0 spiro atoms. The zero-order chi connectivity index (χ0) is 21.8. The van der Waals surface area contributed by atoms with Gasteiger partial charge in [0.2, 0.25) is 0 Å². The number of benzene rings is 2. The number of aryl methyl sites for hydroxylation is 1. The number of carbonyl (C=O) groups is 1. The van der Waals surface area contributed by atoms with Gasteiger partial charge in [-0.1, -0.05) is 24.6 Å². The number of hydrogen-bond acceptors (Lipinski definition) is 5. The first-order valence-electron chi connectivity index (χ1n) is 11.4. The van der Waals surface area contributed by atoms with E-state index in [-0.39, 0.29) is 12.0 Å². The van der Waals surface area contributed by atoms with E-state index < -0.39 is 0 Å². The second-order valence-electron chi connectivity index (χ2n) is 8.41. The maximum absolute atomic E-state index is 12.9. The number of hydrogen-bond donors (Lipinski definition) is 1. The number of nitrogens with zero attached hydrogens (tertiary/aromatic N) is 3. The Hall–Kier alpha value is -3.19. The number of carbonyl (C=O) groups excluding carboxylic acids is 1. The number of amides is 1. The van der Waals surface area contributed by atoms with Crippen molar-refractivity contribution in [1.29, 1.82) is 0 Å². The first-order chi connectivity index (χ1) is 15.8. The number of rotatable bonds is 6. The molecule has 7 heteroatoms. The fourth-order valence-corrected chi connectivity index (χ4v) is 4.33. The van der Waals surface area contributed by atoms with Crippen LogP contribution in [0.5, 0.6) is 5.75 Å². The van der Waals surface area contributed by atoms with Gasteiger partial charge in [0.05, 0.1) is 6.10 Å². The van der Waals surface area contributed by atoms with Gasteiger partial charge in [0.1, 0.15) is 18.2 Å². The van der Waals surface area contributed by atoms with Crippen molar-refractivity contribution in [3.63, 3.8) is 0 Å². The molecule has 166 valence electrons. The third kappa shape index (κ3) is 4.67. The maximum Gasteiger partial charge on any atom is 0.255 e. The fourth-order valence-electron chi connectivity index (χ4n) is 4.33. The summed E-state index contributed by atoms with van der Waals surface area (Å²) >= 11 is 0. The lowest BCUT2D eigenvalue weighted by atomic mass is 10.1. The van der Waals surface area contributed by atoms with Crippen LogP contribution in [0.3, 0.4) is 0 Å². The molecule has 1 saturated heterocycles. The molecule has 1 N–H and O–H groups in total. The van der Waals surface area contributed by atoms with Crippen LogP contribution in [0.25, 0.3) is 11.4 Å². The van der Waals surface area contributed by atoms with Crippen molar-refractivity contribution in [3.8, 4) is 17.1 Å². The van der Waals surface area contributed by atoms with Crippen molar-refractivity contribution < 1.29 is 14.3 Å². The first kappa shape index (κ1) is 20.7. The summed E-state index contributed by atoms with van der Waals surface area (Å²) in [5.74, 6) is 2.41. The van der Waals surface area contributed by atoms with Crippen molar-refractivity contribution >= 4 is 11.6 Å². The molecule has 1 aromatic heterocycles. The Morgan fingerprint density at radius 3 is 2.94 bits per heavy atom. The van der Waals surface area contributed by atoms with E-state index >= 15 is 0 Å². The third-order valence-corrected chi connectivity index (χ3v) is 6.04. The van der Waals surface area contributed by atoms with Crippen LogP contribution in [-0.2, 0) is 17.7 Å². The van der Waals surface area contributed by atoms with Crippen molar-refractivity contribution in [3.05, 3.63) is 59.9 Å². The molecule has 0 radical (unpaired) electrons. The molecule has 7 nitrogen and oxygen atoms in total. The summed E-state index contributed by atoms with van der Waals surface area (Å²) in [6, 6.07) is 15.0. The molecule has 3 heterocycles. The van der Waals surface area contributed by atoms with Crippen molar-refractivity contribution in [2.45, 2.75) is 51.2 Å². The van der Waals surface area contributed by atoms with E-state index in [2.05, 4.69) is 20.1 Å². The normalized spacial score (nSPS) is 18.1. The number of anilines is 1. The monoisotopic (exact) mass is 432 g/mol. The van der Waals surface area contributed by atoms with Crippen LogP contribution in [0.1, 0.15) is 48.3 Å². The highest BCUT2D eigenvalue weighted by molar-refractivity contribution is 6.04. The first-order valence-corrected chi connectivity index (χ1v) is 11.4. The van der Waals surface area contributed by atoms with E-state index in [9.17, 15) is 4.79 Å². The minimum absolute atomic E-state index is 0.141. The molecule has 0 saturated carbocycles. The summed E-state index contributed by atoms with van der Waals surface area (Å²) in [5.41, 5.74) is 2.23. The lowest BCUT2D eigenvalue weighted by molar-refractivity contribution is 0.0679. The fraction of sp³-hybridized carbons (Fsp3) is 0.400. The van der Waals surface area contributed by atoms with E-state index in [4.69, 9.17) is 9.47 Å². The number of ether oxygens (including phenoxy) is 2. The Balaban J connectivity index is 1.28. The van der Waals surface area contributed by atoms with Gasteiger partial charge in [0, 0.05) is 36.4 Å². The van der Waals surface area contributed by atoms with Gasteiger partial charge in [-0.15, -0.1) is 10.2 Å². The van der Waals surface area contributed by atoms with E-state index in [1.54, 1.807) is 12.1 Å². The molecule has 2 aliphatic rings. The second-order valence-corrected chi connectivity index (χ2v) is 8.41. The molecular formula is C25H28N4O3. The number of aromatic nitrogens is 3. The van der Waals surface area contributed by atoms with Crippen LogP contribution < -0.4 is 10.1 Å². The van der Waals surface area contributed by atoms with E-state index in [0.29, 0.717) is 17.9 Å². The van der Waals surface area contributed by atoms with Gasteiger partial charge in [-0.3, -0.25) is 4.79 Å². The molecule has 0 bridgehead atoms. The van der Waals surface area contributed by atoms with Crippen molar-refractivity contribution in [2.75, 3.05) is 18.5 Å². The van der Waals surface area contributed by atoms with Crippen LogP contribution in [0.2, 0.25) is 0 Å². The largest absolute Gasteiger partial charge is 0.491 e. The molecular weight excluding hydrogens is 404 g/mol. The Labute approximate surface area is 187 Å². The smallest absolute Gasteiger partial charge is 0.255 e. The lowest BCUT2D eigenvalue weighted by Gasteiger charge is -2.12. The predicted molar refractivity (Wildman–Crippen MR) is 122 cm³/mol. The van der Waals surface area contributed by atoms with E-state index in [0.717, 1.165) is 68.2 Å². The summed E-state index contributed by atoms with van der Waals surface area (Å²) in [6.45, 7) is 2.25. The van der Waals surface area contributed by atoms with Gasteiger partial charge in [0.25, 0.3) is 5.91 Å². The minimum Gasteiger partial charge on any atom is -0.491 e. The molecule has 1 fully saturated rings. The Bertz CT molecular complexity index is 1090. The van der Waals surface area contributed by atoms with Crippen LogP contribution in [-0.4, -0.2) is 40.0 Å². The molecule has 1 amide bonds. The zero-order valence-corrected chi connectivity index (χ0v) is 18.1. The Kier molecular flexibility index (Phi) is 6.16. The van der Waals surface area contributed by atoms with Crippen LogP contribution in [0.4, 0.5) is 5.69 Å². The topological polar surface area (TPSA) is 78.3 Å². The molecule has 0 aliphatic carbocycles. The maximum atomic E-state index is 12.9. The highest BCUT2D eigenvalue weighted by Gasteiger charge is 2.18. The molecule has 5 rings (SSSR count). The average molecular weight is 433 g/mol. The van der Waals surface area contributed by atoms with Crippen LogP contribution >= 0.6 is 0 Å². The highest BCUT2D eigenvalue weighted by atomic mass is 16.5. The minimum atomic E-state index is -0.176. The van der Waals surface area contributed by atoms with Gasteiger partial charge < -0.3 is 19.4 Å². The SMILES string of the molecule is O=C(Nc1cccc(-c2nnc3n2CCCCC3)c1)c1cccc(OCC2CCCO2)c1. The Morgan fingerprint density at radius 1 is 1.09 bits per heavy atom. The number of nitrogens with one attached hydrogen (secondary N) is 1. The molecule has 3 aromatic rings. The predicted octanol–water partition coefficient (Wildman–Crippen LogP) is 4.48. The summed E-state index contributed by atoms with van der Waals surface area (Å²) in [6.07, 6.45) is 6.72. The van der Waals surface area contributed by atoms with Gasteiger partial charge >= 0.3 is 0 Å². The van der Waals surface area contributed by atoms with E-state index in [1.807, 2.05) is 36.4 Å². The summed E-state index contributed by atoms with van der Waals surface area (Å²) in [7, 11) is 0. The standard InChI is InChI=1S/C25H28N4O3/c30-25(19-8-5-10-21(16-19)32-17-22-11-6-14-31-22)26-20-9-4-7-18(15-20)24-28-27-23-12-2-1-3-13-29(23)24/h4-5,7-10,15-16,22H,1-3,6,11-14,17H2,(H,26,30). The summed E-state index contributed by atoms with van der Waals surface area (Å²) in [4.78, 5) is 12.9. The van der Waals surface area contributed by atoms with Crippen LogP contribution in [0, 0.1) is 0 Å². The Morgan fingerprint density at radius 2 is 2.03 bits per heavy atom. The van der Waals surface area contributed by atoms with Gasteiger partial charge in [0.15, 0.2) is 5.82 Å². The van der Waals surface area contributed by atoms with Crippen LogP contribution in [0.15, 0.2) is 48.5 Å². The highest BCUT2D eigenvalue weighted by Crippen LogP contribution is 2.25. The summed E-state index contributed by atoms with van der Waals surface area (Å²) < 4.78 is 13.6. The number of fused-ring (bicyclic) bond motifs is 1. The van der Waals surface area contributed by atoms with Crippen molar-refractivity contribution in [2.24, 2.45) is 0 Å². The third-order valence-electron chi connectivity index (χ3n) is 6.04. The van der Waals surface area contributed by atoms with Gasteiger partial charge in [-0.2, -0.15) is 0 Å². The quantitative estimate of drug-likeness (QED) is 0.621. The molecule has 2 aliphatic heterocycles. The average Bonchev–Trinajstić information content (AvgIpc) is 3.43. The van der Waals surface area contributed by atoms with E-state index in [1.165, 1.54) is 6.42 Å². The van der Waals surface area contributed by atoms with Gasteiger partial charge in [-0.05, 0) is 56.0 Å². The molecule has 1 unspecified atom stereocenters. The molecule has 32 heavy (non-hydrogen) atoms. The summed E-state index contributed by atoms with van der Waals surface area (Å²) in [5, 5.41) is 11.8. The second kappa shape index (κ2) is 9.53.